The SMILES string of the molecule is CCOC(C)CCOc1ccc(C(=O)Oc2ccc(C(=O)Oc3ccc(C(=O)Oc4ccc(-c5ccc(OC(=O)c6ccc(OC(=O)c7ccc(OC)cc7)cc6)cc5C)cc4C)cc3)cc2)c(OC)c1. The molecular weight excluding hydrogens is 909 g/mol. The van der Waals surface area contributed by atoms with Gasteiger partial charge >= 0.3 is 29.8 Å². The van der Waals surface area contributed by atoms with Crippen molar-refractivity contribution in [2.24, 2.45) is 0 Å². The lowest BCUT2D eigenvalue weighted by Gasteiger charge is -2.14. The lowest BCUT2D eigenvalue weighted by atomic mass is 9.98. The topological polar surface area (TPSA) is 168 Å². The number of benzene rings is 7. The van der Waals surface area contributed by atoms with E-state index < -0.39 is 29.8 Å². The van der Waals surface area contributed by atoms with E-state index in [0.717, 1.165) is 16.7 Å². The van der Waals surface area contributed by atoms with Crippen molar-refractivity contribution in [3.8, 4) is 57.1 Å². The molecule has 0 amide bonds. The Bertz CT molecular complexity index is 3020. The summed E-state index contributed by atoms with van der Waals surface area (Å²) >= 11 is 0. The van der Waals surface area contributed by atoms with Gasteiger partial charge in [0.25, 0.3) is 0 Å². The van der Waals surface area contributed by atoms with Crippen LogP contribution in [-0.4, -0.2) is 63.4 Å². The van der Waals surface area contributed by atoms with Crippen LogP contribution in [0.4, 0.5) is 0 Å². The van der Waals surface area contributed by atoms with Gasteiger partial charge in [-0.3, -0.25) is 0 Å². The highest BCUT2D eigenvalue weighted by Gasteiger charge is 2.19. The van der Waals surface area contributed by atoms with Crippen LogP contribution in [0.1, 0.15) is 83.2 Å². The van der Waals surface area contributed by atoms with Crippen LogP contribution in [0.3, 0.4) is 0 Å². The van der Waals surface area contributed by atoms with E-state index in [1.54, 1.807) is 60.7 Å². The molecule has 0 saturated heterocycles. The van der Waals surface area contributed by atoms with E-state index in [1.165, 1.54) is 87.0 Å². The van der Waals surface area contributed by atoms with Gasteiger partial charge in [0.2, 0.25) is 0 Å². The van der Waals surface area contributed by atoms with Crippen LogP contribution in [0.25, 0.3) is 11.1 Å². The number of carbonyl (C=O) groups excluding carboxylic acids is 5. The molecule has 0 heterocycles. The molecule has 0 spiro atoms. The van der Waals surface area contributed by atoms with Crippen LogP contribution in [0.2, 0.25) is 0 Å². The van der Waals surface area contributed by atoms with Gasteiger partial charge in [-0.1, -0.05) is 12.1 Å². The van der Waals surface area contributed by atoms with E-state index in [4.69, 9.17) is 42.6 Å². The molecule has 71 heavy (non-hydrogen) atoms. The first kappa shape index (κ1) is 50.1. The van der Waals surface area contributed by atoms with Crippen LogP contribution >= 0.6 is 0 Å². The number of rotatable bonds is 19. The first-order chi connectivity index (χ1) is 34.3. The lowest BCUT2D eigenvalue weighted by Crippen LogP contribution is -2.13. The van der Waals surface area contributed by atoms with Crippen LogP contribution in [0.5, 0.6) is 46.0 Å². The molecule has 14 heteroatoms. The standard InChI is InChI=1S/C57H50O14/c1-7-65-37(4)30-31-66-47-25-28-50(52(34-47)64-6)57(62)69-46-23-12-39(13-24-46)54(59)68-45-21-14-41(15-22-45)56(61)71-51-29-16-42(32-36(51)3)49-27-26-48(33-35(49)2)70-55(60)40-10-19-44(20-11-40)67-53(58)38-8-17-43(63-5)18-9-38/h8-29,32-34,37H,7,30-31H2,1-6H3. The fourth-order valence-electron chi connectivity index (χ4n) is 7.12. The van der Waals surface area contributed by atoms with E-state index in [0.29, 0.717) is 53.8 Å². The molecular formula is C57H50O14. The number of hydrogen-bond acceptors (Lipinski definition) is 14. The van der Waals surface area contributed by atoms with Crippen molar-refractivity contribution in [2.45, 2.75) is 40.2 Å². The second-order valence-electron chi connectivity index (χ2n) is 16.0. The molecule has 0 aliphatic heterocycles. The van der Waals surface area contributed by atoms with Gasteiger partial charge < -0.3 is 42.6 Å². The van der Waals surface area contributed by atoms with Crippen molar-refractivity contribution in [3.05, 3.63) is 191 Å². The molecule has 7 rings (SSSR count). The molecule has 362 valence electrons. The van der Waals surface area contributed by atoms with Crippen molar-refractivity contribution in [3.63, 3.8) is 0 Å². The van der Waals surface area contributed by atoms with E-state index in [1.807, 2.05) is 45.9 Å². The largest absolute Gasteiger partial charge is 0.497 e. The third-order valence-electron chi connectivity index (χ3n) is 11.0. The molecule has 0 N–H and O–H groups in total. The maximum Gasteiger partial charge on any atom is 0.347 e. The Labute approximate surface area is 410 Å². The van der Waals surface area contributed by atoms with Crippen LogP contribution < -0.4 is 37.9 Å². The fraction of sp³-hybridized carbons (Fsp3) is 0.175. The summed E-state index contributed by atoms with van der Waals surface area (Å²) in [4.78, 5) is 64.7. The maximum absolute atomic E-state index is 13.2. The van der Waals surface area contributed by atoms with E-state index in [-0.39, 0.29) is 51.4 Å². The Morgan fingerprint density at radius 1 is 0.437 bits per heavy atom. The normalized spacial score (nSPS) is 11.1. The molecule has 0 fully saturated rings. The van der Waals surface area contributed by atoms with Crippen molar-refractivity contribution < 1.29 is 66.6 Å². The molecule has 14 nitrogen and oxygen atoms in total. The number of aryl methyl sites for hydroxylation is 2. The predicted molar refractivity (Wildman–Crippen MR) is 263 cm³/mol. The van der Waals surface area contributed by atoms with Crippen molar-refractivity contribution in [2.75, 3.05) is 27.4 Å². The molecule has 1 unspecified atom stereocenters. The van der Waals surface area contributed by atoms with Gasteiger partial charge in [-0.25, -0.2) is 24.0 Å². The first-order valence-electron chi connectivity index (χ1n) is 22.5. The average molecular weight is 959 g/mol. The minimum absolute atomic E-state index is 0.0581. The second-order valence-corrected chi connectivity index (χ2v) is 16.0. The number of hydrogen-bond donors (Lipinski definition) is 0. The summed E-state index contributed by atoms with van der Waals surface area (Å²) in [5, 5.41) is 0. The number of carbonyl (C=O) groups is 5. The van der Waals surface area contributed by atoms with Crippen molar-refractivity contribution in [1.29, 1.82) is 0 Å². The molecule has 7 aromatic rings. The Morgan fingerprint density at radius 2 is 0.901 bits per heavy atom. The molecule has 0 radical (unpaired) electrons. The van der Waals surface area contributed by atoms with Gasteiger partial charge in [0.15, 0.2) is 0 Å². The highest BCUT2D eigenvalue weighted by molar-refractivity contribution is 5.96. The third-order valence-corrected chi connectivity index (χ3v) is 11.0. The number of esters is 5. The van der Waals surface area contributed by atoms with Gasteiger partial charge in [-0.2, -0.15) is 0 Å². The Morgan fingerprint density at radius 3 is 1.38 bits per heavy atom. The van der Waals surface area contributed by atoms with Gasteiger partial charge in [-0.15, -0.1) is 0 Å². The van der Waals surface area contributed by atoms with E-state index in [2.05, 4.69) is 0 Å². The fourth-order valence-corrected chi connectivity index (χ4v) is 7.12. The van der Waals surface area contributed by atoms with Crippen molar-refractivity contribution >= 4 is 29.8 Å². The number of methoxy groups -OCH3 is 2. The molecule has 7 aromatic carbocycles. The van der Waals surface area contributed by atoms with Crippen molar-refractivity contribution in [1.82, 2.24) is 0 Å². The zero-order chi connectivity index (χ0) is 50.4. The molecule has 0 bridgehead atoms. The first-order valence-corrected chi connectivity index (χ1v) is 22.5. The Hall–Kier alpha value is -8.75. The number of ether oxygens (including phenoxy) is 9. The summed E-state index contributed by atoms with van der Waals surface area (Å²) in [6, 6.07) is 39.9. The monoisotopic (exact) mass is 958 g/mol. The highest BCUT2D eigenvalue weighted by atomic mass is 16.6. The van der Waals surface area contributed by atoms with Crippen LogP contribution in [0, 0.1) is 13.8 Å². The molecule has 0 aliphatic carbocycles. The van der Waals surface area contributed by atoms with E-state index >= 15 is 0 Å². The zero-order valence-corrected chi connectivity index (χ0v) is 39.8. The summed E-state index contributed by atoms with van der Waals surface area (Å²) in [6.45, 7) is 8.68. The van der Waals surface area contributed by atoms with Gasteiger partial charge in [0, 0.05) is 19.1 Å². The van der Waals surface area contributed by atoms with E-state index in [9.17, 15) is 24.0 Å². The highest BCUT2D eigenvalue weighted by Crippen LogP contribution is 2.32. The molecule has 0 aromatic heterocycles. The summed E-state index contributed by atoms with van der Waals surface area (Å²) in [6.07, 6.45) is 0.760. The zero-order valence-electron chi connectivity index (χ0n) is 39.8. The molecule has 1 atom stereocenters. The van der Waals surface area contributed by atoms with Crippen LogP contribution in [0.15, 0.2) is 152 Å². The average Bonchev–Trinajstić information content (AvgIpc) is 3.37. The quantitative estimate of drug-likeness (QED) is 0.0554. The summed E-state index contributed by atoms with van der Waals surface area (Å²) < 4.78 is 49.7. The summed E-state index contributed by atoms with van der Waals surface area (Å²) in [5.74, 6) is -0.264. The minimum Gasteiger partial charge on any atom is -0.497 e. The smallest absolute Gasteiger partial charge is 0.347 e. The third kappa shape index (κ3) is 13.3. The lowest BCUT2D eigenvalue weighted by molar-refractivity contribution is 0.0595. The van der Waals surface area contributed by atoms with Crippen LogP contribution in [-0.2, 0) is 4.74 Å². The Kier molecular flexibility index (Phi) is 16.6. The van der Waals surface area contributed by atoms with Gasteiger partial charge in [-0.05, 0) is 183 Å². The van der Waals surface area contributed by atoms with Gasteiger partial charge in [0.05, 0.1) is 49.2 Å². The van der Waals surface area contributed by atoms with Gasteiger partial charge in [0.1, 0.15) is 51.6 Å². The summed E-state index contributed by atoms with van der Waals surface area (Å²) in [5.41, 5.74) is 4.52. The summed E-state index contributed by atoms with van der Waals surface area (Å²) in [7, 11) is 2.98. The maximum atomic E-state index is 13.2. The predicted octanol–water partition coefficient (Wildman–Crippen LogP) is 11.3. The minimum atomic E-state index is -0.664. The second kappa shape index (κ2) is 23.5. The molecule has 0 aliphatic rings. The molecule has 0 saturated carbocycles. The Balaban J connectivity index is 0.879.